The van der Waals surface area contributed by atoms with Crippen LogP contribution in [0.1, 0.15) is 51.4 Å². The molecule has 1 fully saturated rings. The Morgan fingerprint density at radius 2 is 1.67 bits per heavy atom. The molecule has 1 aliphatic carbocycles. The Labute approximate surface area is 233 Å². The lowest BCUT2D eigenvalue weighted by atomic mass is 9.75. The maximum Gasteiger partial charge on any atom is 0.258 e. The van der Waals surface area contributed by atoms with Crippen LogP contribution in [0.2, 0.25) is 0 Å². The van der Waals surface area contributed by atoms with Gasteiger partial charge in [0.25, 0.3) is 7.37 Å². The van der Waals surface area contributed by atoms with Gasteiger partial charge in [0, 0.05) is 30.8 Å². The van der Waals surface area contributed by atoms with Crippen molar-refractivity contribution in [3.8, 4) is 11.5 Å². The minimum atomic E-state index is -3.54. The highest BCUT2D eigenvalue weighted by Crippen LogP contribution is 2.62. The highest BCUT2D eigenvalue weighted by Gasteiger charge is 2.44. The molecule has 5 rings (SSSR count). The highest BCUT2D eigenvalue weighted by atomic mass is 31.2. The van der Waals surface area contributed by atoms with Crippen LogP contribution >= 0.6 is 7.37 Å². The van der Waals surface area contributed by atoms with Gasteiger partial charge in [-0.05, 0) is 84.7 Å². The summed E-state index contributed by atoms with van der Waals surface area (Å²) in [5.41, 5.74) is 2.77. The lowest BCUT2D eigenvalue weighted by molar-refractivity contribution is 0.0489. The summed E-state index contributed by atoms with van der Waals surface area (Å²) in [6, 6.07) is 23.7. The second-order valence-electron chi connectivity index (χ2n) is 11.5. The quantitative estimate of drug-likeness (QED) is 0.277. The maximum absolute atomic E-state index is 15.7. The first-order chi connectivity index (χ1) is 18.7. The fourth-order valence-corrected chi connectivity index (χ4v) is 8.43. The minimum absolute atomic E-state index is 0.0952. The number of rotatable bonds is 9. The van der Waals surface area contributed by atoms with Crippen LogP contribution in [0, 0.1) is 17.8 Å². The van der Waals surface area contributed by atoms with E-state index in [-0.39, 0.29) is 12.9 Å². The first-order valence-corrected chi connectivity index (χ1v) is 15.7. The Balaban J connectivity index is 1.64. The number of ether oxygens (including phenoxy) is 2. The second kappa shape index (κ2) is 11.7. The van der Waals surface area contributed by atoms with Crippen molar-refractivity contribution in [3.63, 3.8) is 0 Å². The molecule has 5 atom stereocenters. The molecule has 7 heteroatoms. The Hall–Kier alpha value is -2.95. The average molecular weight is 549 g/mol. The van der Waals surface area contributed by atoms with E-state index in [2.05, 4.69) is 26.1 Å². The predicted molar refractivity (Wildman–Crippen MR) is 160 cm³/mol. The zero-order chi connectivity index (χ0) is 27.6. The molecule has 0 spiro atoms. The van der Waals surface area contributed by atoms with Crippen molar-refractivity contribution < 1.29 is 18.6 Å². The fraction of sp³-hybridized carbons (Fsp3) is 0.438. The van der Waals surface area contributed by atoms with Crippen LogP contribution in [0.15, 0.2) is 72.8 Å². The summed E-state index contributed by atoms with van der Waals surface area (Å²) in [7, 11) is 0.474. The summed E-state index contributed by atoms with van der Waals surface area (Å²) < 4.78 is 34.0. The second-order valence-corrected chi connectivity index (χ2v) is 13.9. The predicted octanol–water partition coefficient (Wildman–Crippen LogP) is 7.67. The first-order valence-electron chi connectivity index (χ1n) is 14.0. The van der Waals surface area contributed by atoms with Crippen LogP contribution in [0.3, 0.4) is 0 Å². The molecule has 1 N–H and O–H groups in total. The number of nitrogens with zero attached hydrogens (tertiary/aromatic N) is 1. The molecule has 2 aliphatic rings. The first kappa shape index (κ1) is 27.6. The van der Waals surface area contributed by atoms with Crippen LogP contribution in [0.5, 0.6) is 11.5 Å². The number of nitrogens with one attached hydrogen (secondary N) is 1. The molecule has 1 saturated carbocycles. The fourth-order valence-electron chi connectivity index (χ4n) is 5.81. The molecule has 0 aromatic heterocycles. The number of anilines is 2. The maximum atomic E-state index is 15.7. The van der Waals surface area contributed by atoms with Crippen molar-refractivity contribution in [3.05, 3.63) is 78.4 Å². The van der Waals surface area contributed by atoms with Gasteiger partial charge in [0.1, 0.15) is 5.78 Å². The third kappa shape index (κ3) is 5.97. The van der Waals surface area contributed by atoms with Crippen molar-refractivity contribution in [2.75, 3.05) is 31.1 Å². The van der Waals surface area contributed by atoms with Gasteiger partial charge in [-0.2, -0.15) is 0 Å². The van der Waals surface area contributed by atoms with E-state index >= 15 is 4.57 Å². The minimum Gasteiger partial charge on any atom is -0.454 e. The normalized spacial score (nSPS) is 22.8. The topological polar surface area (TPSA) is 60.0 Å². The summed E-state index contributed by atoms with van der Waals surface area (Å²) in [6.45, 7) is 6.98. The van der Waals surface area contributed by atoms with E-state index in [0.717, 1.165) is 29.8 Å². The van der Waals surface area contributed by atoms with Crippen LogP contribution in [0.25, 0.3) is 0 Å². The Morgan fingerprint density at radius 1 is 0.949 bits per heavy atom. The van der Waals surface area contributed by atoms with Crippen LogP contribution < -0.4 is 25.0 Å². The van der Waals surface area contributed by atoms with E-state index in [4.69, 9.17) is 14.0 Å². The molecule has 0 unspecified atom stereocenters. The van der Waals surface area contributed by atoms with E-state index in [1.54, 1.807) is 0 Å². The number of hydrogen-bond acceptors (Lipinski definition) is 6. The standard InChI is InChI=1S/C32H41N2O4P/c1-22(2)28-17-11-23(3)19-30(28)38-39(35,27-15-13-26(14-16-27)34(4)5)32(33-25-9-7-6-8-10-25)24-12-18-29-31(20-24)37-21-36-29/h6-10,12-16,18,20,22-23,28,30,32-33H,11,17,19,21H2,1-5H3/t23-,28+,30+,32-,39-/m0/s1. The summed E-state index contributed by atoms with van der Waals surface area (Å²) in [5, 5.41) is 4.32. The molecule has 6 nitrogen and oxygen atoms in total. The lowest BCUT2D eigenvalue weighted by Gasteiger charge is -2.41. The van der Waals surface area contributed by atoms with Crippen molar-refractivity contribution >= 4 is 24.0 Å². The van der Waals surface area contributed by atoms with Crippen molar-refractivity contribution in [1.29, 1.82) is 0 Å². The van der Waals surface area contributed by atoms with Gasteiger partial charge >= 0.3 is 0 Å². The molecule has 3 aromatic carbocycles. The van der Waals surface area contributed by atoms with Gasteiger partial charge in [-0.3, -0.25) is 4.57 Å². The van der Waals surface area contributed by atoms with Crippen molar-refractivity contribution in [2.45, 2.75) is 51.9 Å². The SMILES string of the molecule is CC(C)[C@H]1CC[C@H](C)C[C@H]1O[P@@](=O)(c1ccc(N(C)C)cc1)[C@H](Nc1ccccc1)c1ccc2c(c1)OCO2. The molecule has 0 radical (unpaired) electrons. The smallest absolute Gasteiger partial charge is 0.258 e. The Bertz CT molecular complexity index is 1300. The Morgan fingerprint density at radius 3 is 2.36 bits per heavy atom. The molecular weight excluding hydrogens is 507 g/mol. The van der Waals surface area contributed by atoms with Gasteiger partial charge in [-0.15, -0.1) is 0 Å². The number of benzene rings is 3. The van der Waals surface area contributed by atoms with Crippen LogP contribution in [0.4, 0.5) is 11.4 Å². The molecule has 0 bridgehead atoms. The number of hydrogen-bond donors (Lipinski definition) is 1. The lowest BCUT2D eigenvalue weighted by Crippen LogP contribution is -2.35. The van der Waals surface area contributed by atoms with Gasteiger partial charge in [0.05, 0.1) is 6.10 Å². The summed E-state index contributed by atoms with van der Waals surface area (Å²) in [5.74, 6) is 2.06. The molecule has 0 saturated heterocycles. The molecular formula is C32H41N2O4P. The summed E-state index contributed by atoms with van der Waals surface area (Å²) >= 11 is 0. The third-order valence-electron chi connectivity index (χ3n) is 8.11. The molecule has 39 heavy (non-hydrogen) atoms. The molecule has 0 amide bonds. The Kier molecular flexibility index (Phi) is 8.25. The van der Waals surface area contributed by atoms with Crippen molar-refractivity contribution in [2.24, 2.45) is 17.8 Å². The zero-order valence-corrected chi connectivity index (χ0v) is 24.6. The number of fused-ring (bicyclic) bond motifs is 1. The van der Waals surface area contributed by atoms with Gasteiger partial charge in [-0.25, -0.2) is 0 Å². The van der Waals surface area contributed by atoms with E-state index in [0.29, 0.717) is 34.6 Å². The summed E-state index contributed by atoms with van der Waals surface area (Å²) in [6.07, 6.45) is 3.08. The summed E-state index contributed by atoms with van der Waals surface area (Å²) in [4.78, 5) is 2.05. The zero-order valence-electron chi connectivity index (χ0n) is 23.7. The van der Waals surface area contributed by atoms with Crippen molar-refractivity contribution in [1.82, 2.24) is 0 Å². The van der Waals surface area contributed by atoms with Gasteiger partial charge < -0.3 is 24.2 Å². The van der Waals surface area contributed by atoms with E-state index in [1.165, 1.54) is 6.42 Å². The van der Waals surface area contributed by atoms with E-state index in [9.17, 15) is 0 Å². The van der Waals surface area contributed by atoms with Gasteiger partial charge in [-0.1, -0.05) is 51.5 Å². The average Bonchev–Trinajstić information content (AvgIpc) is 3.40. The van der Waals surface area contributed by atoms with Crippen LogP contribution in [-0.4, -0.2) is 27.0 Å². The molecule has 208 valence electrons. The van der Waals surface area contributed by atoms with Gasteiger partial charge in [0.2, 0.25) is 6.79 Å². The molecule has 1 aliphatic heterocycles. The monoisotopic (exact) mass is 548 g/mol. The largest absolute Gasteiger partial charge is 0.454 e. The van der Waals surface area contributed by atoms with Gasteiger partial charge in [0.15, 0.2) is 11.5 Å². The molecule has 1 heterocycles. The van der Waals surface area contributed by atoms with E-state index in [1.807, 2.05) is 91.8 Å². The third-order valence-corrected chi connectivity index (χ3v) is 10.8. The van der Waals surface area contributed by atoms with Crippen LogP contribution in [-0.2, 0) is 9.09 Å². The van der Waals surface area contributed by atoms with E-state index < -0.39 is 13.2 Å². The highest BCUT2D eigenvalue weighted by molar-refractivity contribution is 7.67. The molecule has 3 aromatic rings. The number of para-hydroxylation sites is 1.